The summed E-state index contributed by atoms with van der Waals surface area (Å²) in [6, 6.07) is -0.579. The topological polar surface area (TPSA) is 89.3 Å². The summed E-state index contributed by atoms with van der Waals surface area (Å²) in [7, 11) is -3.18. The molecule has 0 radical (unpaired) electrons. The standard InChI is InChI=1S/C5H10N2O3S/c6-3-5(8)4-1-2-11(9,10)7-4/h4,7H,1-3,6H2. The van der Waals surface area contributed by atoms with Crippen molar-refractivity contribution in [1.29, 1.82) is 0 Å². The van der Waals surface area contributed by atoms with Crippen molar-refractivity contribution in [3.8, 4) is 0 Å². The van der Waals surface area contributed by atoms with Gasteiger partial charge >= 0.3 is 0 Å². The predicted molar refractivity (Wildman–Crippen MR) is 39.4 cm³/mol. The van der Waals surface area contributed by atoms with Gasteiger partial charge in [0.05, 0.1) is 18.3 Å². The van der Waals surface area contributed by atoms with E-state index in [1.807, 2.05) is 0 Å². The summed E-state index contributed by atoms with van der Waals surface area (Å²) in [6.07, 6.45) is 0.346. The molecule has 0 aliphatic carbocycles. The number of Topliss-reactive ketones (excluding diaryl/α,β-unsaturated/α-hetero) is 1. The van der Waals surface area contributed by atoms with Gasteiger partial charge in [-0.15, -0.1) is 0 Å². The van der Waals surface area contributed by atoms with E-state index in [-0.39, 0.29) is 18.1 Å². The van der Waals surface area contributed by atoms with Crippen molar-refractivity contribution in [3.63, 3.8) is 0 Å². The van der Waals surface area contributed by atoms with Gasteiger partial charge in [0.1, 0.15) is 0 Å². The Labute approximate surface area is 65.0 Å². The van der Waals surface area contributed by atoms with Gasteiger partial charge in [-0.3, -0.25) is 4.79 Å². The predicted octanol–water partition coefficient (Wildman–Crippen LogP) is -1.79. The van der Waals surface area contributed by atoms with Crippen LogP contribution in [0.15, 0.2) is 0 Å². The molecule has 0 saturated carbocycles. The van der Waals surface area contributed by atoms with Gasteiger partial charge in [-0.2, -0.15) is 0 Å². The maximum Gasteiger partial charge on any atom is 0.212 e. The van der Waals surface area contributed by atoms with Gasteiger partial charge in [-0.05, 0) is 6.42 Å². The van der Waals surface area contributed by atoms with E-state index in [1.165, 1.54) is 0 Å². The van der Waals surface area contributed by atoms with Crippen LogP contribution < -0.4 is 10.5 Å². The minimum Gasteiger partial charge on any atom is -0.324 e. The second kappa shape index (κ2) is 2.88. The van der Waals surface area contributed by atoms with Gasteiger partial charge in [0.25, 0.3) is 0 Å². The summed E-state index contributed by atoms with van der Waals surface area (Å²) in [5, 5.41) is 0. The highest BCUT2D eigenvalue weighted by Crippen LogP contribution is 2.07. The van der Waals surface area contributed by atoms with E-state index < -0.39 is 16.1 Å². The second-order valence-electron chi connectivity index (χ2n) is 2.45. The van der Waals surface area contributed by atoms with E-state index in [1.54, 1.807) is 0 Å². The summed E-state index contributed by atoms with van der Waals surface area (Å²) in [5.41, 5.74) is 5.06. The molecule has 1 atom stereocenters. The third-order valence-corrected chi connectivity index (χ3v) is 3.00. The molecule has 0 spiro atoms. The number of carbonyl (C=O) groups excluding carboxylic acids is 1. The molecule has 0 bridgehead atoms. The number of nitrogens with one attached hydrogen (secondary N) is 1. The molecule has 64 valence electrons. The van der Waals surface area contributed by atoms with Gasteiger partial charge in [-0.25, -0.2) is 13.1 Å². The van der Waals surface area contributed by atoms with E-state index in [0.29, 0.717) is 6.42 Å². The highest BCUT2D eigenvalue weighted by atomic mass is 32.2. The van der Waals surface area contributed by atoms with Gasteiger partial charge in [0.2, 0.25) is 10.0 Å². The minimum atomic E-state index is -3.18. The molecule has 11 heavy (non-hydrogen) atoms. The zero-order valence-electron chi connectivity index (χ0n) is 5.91. The van der Waals surface area contributed by atoms with Crippen molar-refractivity contribution in [3.05, 3.63) is 0 Å². The number of rotatable bonds is 2. The van der Waals surface area contributed by atoms with E-state index in [4.69, 9.17) is 5.73 Å². The van der Waals surface area contributed by atoms with Crippen LogP contribution in [0.25, 0.3) is 0 Å². The first-order chi connectivity index (χ1) is 5.05. The van der Waals surface area contributed by atoms with Crippen LogP contribution in [0.2, 0.25) is 0 Å². The maximum atomic E-state index is 10.8. The molecular weight excluding hydrogens is 168 g/mol. The van der Waals surface area contributed by atoms with Crippen LogP contribution in [0, 0.1) is 0 Å². The van der Waals surface area contributed by atoms with E-state index in [0.717, 1.165) is 0 Å². The Morgan fingerprint density at radius 1 is 1.64 bits per heavy atom. The molecule has 1 rings (SSSR count). The van der Waals surface area contributed by atoms with Crippen LogP contribution >= 0.6 is 0 Å². The normalized spacial score (nSPS) is 28.6. The molecule has 1 fully saturated rings. The number of sulfonamides is 1. The summed E-state index contributed by atoms with van der Waals surface area (Å²) < 4.78 is 23.7. The zero-order valence-corrected chi connectivity index (χ0v) is 6.73. The molecular formula is C5H10N2O3S. The van der Waals surface area contributed by atoms with E-state index in [9.17, 15) is 13.2 Å². The Kier molecular flexibility index (Phi) is 2.26. The molecule has 0 aromatic heterocycles. The monoisotopic (exact) mass is 178 g/mol. The molecule has 1 unspecified atom stereocenters. The van der Waals surface area contributed by atoms with Crippen LogP contribution in [0.1, 0.15) is 6.42 Å². The maximum absolute atomic E-state index is 10.8. The first-order valence-electron chi connectivity index (χ1n) is 3.28. The average molecular weight is 178 g/mol. The third kappa shape index (κ3) is 1.98. The molecule has 5 nitrogen and oxygen atoms in total. The third-order valence-electron chi connectivity index (χ3n) is 1.59. The first-order valence-corrected chi connectivity index (χ1v) is 4.93. The van der Waals surface area contributed by atoms with Crippen LogP contribution in [0.5, 0.6) is 0 Å². The number of ketones is 1. The van der Waals surface area contributed by atoms with Crippen molar-refractivity contribution in [2.75, 3.05) is 12.3 Å². The lowest BCUT2D eigenvalue weighted by Gasteiger charge is -2.03. The minimum absolute atomic E-state index is 0.0312. The van der Waals surface area contributed by atoms with Gasteiger partial charge in [0, 0.05) is 0 Å². The fourth-order valence-electron chi connectivity index (χ4n) is 0.977. The highest BCUT2D eigenvalue weighted by molar-refractivity contribution is 7.89. The Hall–Kier alpha value is -0.460. The average Bonchev–Trinajstić information content (AvgIpc) is 2.29. The smallest absolute Gasteiger partial charge is 0.212 e. The molecule has 3 N–H and O–H groups in total. The lowest BCUT2D eigenvalue weighted by molar-refractivity contribution is -0.119. The molecule has 0 aromatic rings. The Bertz CT molecular complexity index is 259. The Morgan fingerprint density at radius 3 is 2.64 bits per heavy atom. The highest BCUT2D eigenvalue weighted by Gasteiger charge is 2.30. The molecule has 6 heteroatoms. The van der Waals surface area contributed by atoms with Crippen LogP contribution in [-0.2, 0) is 14.8 Å². The zero-order chi connectivity index (χ0) is 8.48. The fraction of sp³-hybridized carbons (Fsp3) is 0.800. The molecule has 1 saturated heterocycles. The van der Waals surface area contributed by atoms with Crippen molar-refractivity contribution >= 4 is 15.8 Å². The lowest BCUT2D eigenvalue weighted by atomic mass is 10.1. The van der Waals surface area contributed by atoms with Gasteiger partial charge < -0.3 is 5.73 Å². The fourth-order valence-corrected chi connectivity index (χ4v) is 2.32. The number of hydrogen-bond donors (Lipinski definition) is 2. The summed E-state index contributed by atoms with van der Waals surface area (Å²) >= 11 is 0. The number of hydrogen-bond acceptors (Lipinski definition) is 4. The summed E-state index contributed by atoms with van der Waals surface area (Å²) in [6.45, 7) is -0.104. The van der Waals surface area contributed by atoms with E-state index in [2.05, 4.69) is 4.72 Å². The number of carbonyl (C=O) groups is 1. The van der Waals surface area contributed by atoms with Crippen molar-refractivity contribution in [2.45, 2.75) is 12.5 Å². The lowest BCUT2D eigenvalue weighted by Crippen LogP contribution is -2.36. The van der Waals surface area contributed by atoms with Crippen molar-refractivity contribution in [1.82, 2.24) is 4.72 Å². The number of nitrogens with two attached hydrogens (primary N) is 1. The van der Waals surface area contributed by atoms with Gasteiger partial charge in [-0.1, -0.05) is 0 Å². The van der Waals surface area contributed by atoms with Crippen molar-refractivity contribution in [2.24, 2.45) is 5.73 Å². The van der Waals surface area contributed by atoms with Crippen LogP contribution in [-0.4, -0.2) is 32.5 Å². The van der Waals surface area contributed by atoms with E-state index >= 15 is 0 Å². The largest absolute Gasteiger partial charge is 0.324 e. The second-order valence-corrected chi connectivity index (χ2v) is 4.32. The summed E-state index contributed by atoms with van der Waals surface area (Å²) in [5.74, 6) is -0.213. The molecule has 1 aliphatic rings. The van der Waals surface area contributed by atoms with Crippen LogP contribution in [0.4, 0.5) is 0 Å². The quantitative estimate of drug-likeness (QED) is 0.522. The van der Waals surface area contributed by atoms with Crippen molar-refractivity contribution < 1.29 is 13.2 Å². The van der Waals surface area contributed by atoms with Gasteiger partial charge in [0.15, 0.2) is 5.78 Å². The van der Waals surface area contributed by atoms with Crippen LogP contribution in [0.3, 0.4) is 0 Å². The molecule has 0 amide bonds. The molecule has 0 aromatic carbocycles. The molecule has 1 heterocycles. The SMILES string of the molecule is NCC(=O)C1CCS(=O)(=O)N1. The first kappa shape index (κ1) is 8.63. The Balaban J connectivity index is 2.62. The Morgan fingerprint density at radius 2 is 2.27 bits per heavy atom. The summed E-state index contributed by atoms with van der Waals surface area (Å²) in [4.78, 5) is 10.8. The molecule has 1 aliphatic heterocycles.